The van der Waals surface area contributed by atoms with Crippen molar-refractivity contribution in [1.82, 2.24) is 9.47 Å². The molecule has 1 atom stereocenters. The topological polar surface area (TPSA) is 29.8 Å². The summed E-state index contributed by atoms with van der Waals surface area (Å²) in [5, 5.41) is 1.24. The van der Waals surface area contributed by atoms with Crippen molar-refractivity contribution >= 4 is 16.8 Å². The summed E-state index contributed by atoms with van der Waals surface area (Å²) in [5.41, 5.74) is 2.33. The van der Waals surface area contributed by atoms with Crippen molar-refractivity contribution in [3.63, 3.8) is 0 Å². The van der Waals surface area contributed by atoms with Gasteiger partial charge in [-0.1, -0.05) is 18.2 Å². The maximum absolute atomic E-state index is 6.53. The molecular formula is C18H21N3O. The van der Waals surface area contributed by atoms with Gasteiger partial charge in [-0.25, -0.2) is 4.99 Å². The number of rotatable bonds is 1. The minimum atomic E-state index is -0.0528. The molecule has 1 unspecified atom stereocenters. The zero-order valence-corrected chi connectivity index (χ0v) is 13.0. The Bertz CT molecular complexity index is 770. The summed E-state index contributed by atoms with van der Waals surface area (Å²) in [5.74, 6) is 1.53. The van der Waals surface area contributed by atoms with Gasteiger partial charge in [-0.05, 0) is 32.0 Å². The number of fused-ring (bicyclic) bond motifs is 3. The number of aryl methyl sites for hydroxylation is 1. The number of ether oxygens (including phenoxy) is 1. The fraction of sp³-hybridized carbons (Fsp3) is 0.500. The smallest absolute Gasteiger partial charge is 0.219 e. The molecule has 1 aromatic carbocycles. The van der Waals surface area contributed by atoms with Crippen molar-refractivity contribution in [3.8, 4) is 0 Å². The van der Waals surface area contributed by atoms with E-state index in [4.69, 9.17) is 9.73 Å². The Morgan fingerprint density at radius 2 is 2.05 bits per heavy atom. The van der Waals surface area contributed by atoms with Crippen LogP contribution in [-0.4, -0.2) is 47.1 Å². The minimum absolute atomic E-state index is 0.0528. The fourth-order valence-corrected chi connectivity index (χ4v) is 4.53. The van der Waals surface area contributed by atoms with Crippen LogP contribution in [0.4, 0.5) is 0 Å². The third kappa shape index (κ3) is 1.64. The highest BCUT2D eigenvalue weighted by atomic mass is 16.5. The number of para-hydroxylation sites is 1. The SMILES string of the molecule is [11CH3]n1cc(C2=NCC3(CN4CCC3CC4)O2)c2ccccc21. The first-order chi connectivity index (χ1) is 10.8. The summed E-state index contributed by atoms with van der Waals surface area (Å²) < 4.78 is 8.69. The van der Waals surface area contributed by atoms with Gasteiger partial charge in [-0.15, -0.1) is 0 Å². The van der Waals surface area contributed by atoms with E-state index >= 15 is 0 Å². The average Bonchev–Trinajstić information content (AvgIpc) is 3.11. The molecule has 5 heterocycles. The number of piperidine rings is 3. The van der Waals surface area contributed by atoms with Gasteiger partial charge < -0.3 is 9.30 Å². The van der Waals surface area contributed by atoms with Crippen molar-refractivity contribution in [1.29, 1.82) is 0 Å². The molecule has 0 N–H and O–H groups in total. The molecule has 22 heavy (non-hydrogen) atoms. The van der Waals surface area contributed by atoms with E-state index in [1.54, 1.807) is 0 Å². The molecule has 6 rings (SSSR count). The Hall–Kier alpha value is -1.81. The van der Waals surface area contributed by atoms with Gasteiger partial charge in [0.05, 0.1) is 12.1 Å². The molecule has 0 aliphatic carbocycles. The van der Waals surface area contributed by atoms with Gasteiger partial charge in [0.25, 0.3) is 0 Å². The van der Waals surface area contributed by atoms with E-state index in [9.17, 15) is 0 Å². The fourth-order valence-electron chi connectivity index (χ4n) is 4.53. The van der Waals surface area contributed by atoms with Gasteiger partial charge in [0.15, 0.2) is 0 Å². The van der Waals surface area contributed by atoms with Crippen LogP contribution in [0.25, 0.3) is 10.9 Å². The molecular weight excluding hydrogens is 273 g/mol. The molecule has 2 aromatic rings. The molecule has 0 radical (unpaired) electrons. The van der Waals surface area contributed by atoms with Crippen LogP contribution >= 0.6 is 0 Å². The standard InChI is InChI=1S/C18H21N3O/c1-20-10-15(14-4-2-3-5-16(14)20)17-19-11-18(22-17)12-21-8-6-13(18)7-9-21/h2-5,10,13H,6-9,11-12H2,1H3/i1-1. The van der Waals surface area contributed by atoms with Gasteiger partial charge in [0.2, 0.25) is 5.90 Å². The second-order valence-electron chi connectivity index (χ2n) is 7.01. The van der Waals surface area contributed by atoms with Crippen LogP contribution in [0.1, 0.15) is 18.4 Å². The molecule has 4 aliphatic rings. The number of aliphatic imine (C=N–C) groups is 1. The molecule has 2 bridgehead atoms. The summed E-state index contributed by atoms with van der Waals surface area (Å²) in [6.07, 6.45) is 4.68. The molecule has 4 heteroatoms. The first kappa shape index (κ1) is 12.7. The number of benzene rings is 1. The van der Waals surface area contributed by atoms with E-state index in [2.05, 4.69) is 47.0 Å². The molecule has 4 nitrogen and oxygen atoms in total. The average molecular weight is 294 g/mol. The lowest BCUT2D eigenvalue weighted by Gasteiger charge is -2.50. The van der Waals surface area contributed by atoms with Gasteiger partial charge in [0, 0.05) is 36.6 Å². The monoisotopic (exact) mass is 294 g/mol. The minimum Gasteiger partial charge on any atom is -0.467 e. The third-order valence-electron chi connectivity index (χ3n) is 5.74. The molecule has 3 saturated heterocycles. The molecule has 3 fully saturated rings. The van der Waals surface area contributed by atoms with Crippen molar-refractivity contribution in [2.45, 2.75) is 18.4 Å². The highest BCUT2D eigenvalue weighted by Gasteiger charge is 2.51. The second kappa shape index (κ2) is 4.35. The second-order valence-corrected chi connectivity index (χ2v) is 7.01. The number of hydrogen-bond donors (Lipinski definition) is 0. The van der Waals surface area contributed by atoms with Crippen LogP contribution < -0.4 is 0 Å². The van der Waals surface area contributed by atoms with E-state index in [0.717, 1.165) is 24.6 Å². The number of aromatic nitrogens is 1. The Labute approximate surface area is 130 Å². The maximum Gasteiger partial charge on any atom is 0.219 e. The Kier molecular flexibility index (Phi) is 2.51. The first-order valence-corrected chi connectivity index (χ1v) is 8.25. The van der Waals surface area contributed by atoms with Gasteiger partial charge in [-0.3, -0.25) is 4.90 Å². The van der Waals surface area contributed by atoms with Crippen molar-refractivity contribution in [3.05, 3.63) is 36.0 Å². The quantitative estimate of drug-likeness (QED) is 0.808. The number of nitrogens with zero attached hydrogens (tertiary/aromatic N) is 3. The highest BCUT2D eigenvalue weighted by Crippen LogP contribution is 2.42. The summed E-state index contributed by atoms with van der Waals surface area (Å²) in [7, 11) is 2.09. The van der Waals surface area contributed by atoms with Crippen molar-refractivity contribution < 1.29 is 4.74 Å². The molecule has 1 spiro atoms. The van der Waals surface area contributed by atoms with Crippen molar-refractivity contribution in [2.75, 3.05) is 26.2 Å². The predicted molar refractivity (Wildman–Crippen MR) is 87.3 cm³/mol. The highest BCUT2D eigenvalue weighted by molar-refractivity contribution is 6.07. The van der Waals surface area contributed by atoms with Crippen molar-refractivity contribution in [2.24, 2.45) is 18.0 Å². The van der Waals surface area contributed by atoms with E-state index in [1.165, 1.54) is 36.8 Å². The Morgan fingerprint density at radius 3 is 2.82 bits per heavy atom. The molecule has 4 aliphatic heterocycles. The van der Waals surface area contributed by atoms with E-state index in [-0.39, 0.29) is 5.60 Å². The van der Waals surface area contributed by atoms with Gasteiger partial charge in [0.1, 0.15) is 5.60 Å². The lowest BCUT2D eigenvalue weighted by atomic mass is 9.75. The van der Waals surface area contributed by atoms with Crippen LogP contribution in [0.5, 0.6) is 0 Å². The summed E-state index contributed by atoms with van der Waals surface area (Å²) in [6.45, 7) is 4.35. The first-order valence-electron chi connectivity index (χ1n) is 8.25. The molecule has 0 amide bonds. The summed E-state index contributed by atoms with van der Waals surface area (Å²) in [4.78, 5) is 7.36. The normalized spacial score (nSPS) is 33.4. The van der Waals surface area contributed by atoms with Gasteiger partial charge in [-0.2, -0.15) is 0 Å². The summed E-state index contributed by atoms with van der Waals surface area (Å²) in [6, 6.07) is 8.49. The van der Waals surface area contributed by atoms with Crippen LogP contribution in [0.3, 0.4) is 0 Å². The molecule has 1 aromatic heterocycles. The zero-order valence-electron chi connectivity index (χ0n) is 13.0. The van der Waals surface area contributed by atoms with Gasteiger partial charge >= 0.3 is 0 Å². The molecule has 114 valence electrons. The lowest BCUT2D eigenvalue weighted by molar-refractivity contribution is -0.0825. The number of hydrogen-bond acceptors (Lipinski definition) is 3. The third-order valence-corrected chi connectivity index (χ3v) is 5.74. The largest absolute Gasteiger partial charge is 0.467 e. The summed E-state index contributed by atoms with van der Waals surface area (Å²) >= 11 is 0. The van der Waals surface area contributed by atoms with Crippen LogP contribution in [0, 0.1) is 5.92 Å². The maximum atomic E-state index is 6.53. The van der Waals surface area contributed by atoms with Crippen LogP contribution in [0.15, 0.2) is 35.5 Å². The zero-order chi connectivity index (χ0) is 14.7. The van der Waals surface area contributed by atoms with Crippen LogP contribution in [-0.2, 0) is 11.8 Å². The Morgan fingerprint density at radius 1 is 1.23 bits per heavy atom. The lowest BCUT2D eigenvalue weighted by Crippen LogP contribution is -2.60. The molecule has 0 saturated carbocycles. The van der Waals surface area contributed by atoms with E-state index in [1.807, 2.05) is 0 Å². The van der Waals surface area contributed by atoms with E-state index in [0.29, 0.717) is 5.92 Å². The van der Waals surface area contributed by atoms with Crippen LogP contribution in [0.2, 0.25) is 0 Å². The van der Waals surface area contributed by atoms with E-state index < -0.39 is 0 Å². The predicted octanol–water partition coefficient (Wildman–Crippen LogP) is 2.42. The Balaban J connectivity index is 1.52.